The van der Waals surface area contributed by atoms with Gasteiger partial charge in [-0.25, -0.2) is 4.98 Å². The second-order valence-electron chi connectivity index (χ2n) is 7.43. The fraction of sp³-hybridized carbons (Fsp3) is 0.125. The maximum Gasteiger partial charge on any atom is 0.312 e. The summed E-state index contributed by atoms with van der Waals surface area (Å²) < 4.78 is 8.08. The van der Waals surface area contributed by atoms with Crippen molar-refractivity contribution < 1.29 is 9.66 Å². The number of aryl methyl sites for hydroxylation is 1. The van der Waals surface area contributed by atoms with Crippen LogP contribution in [-0.2, 0) is 13.0 Å². The van der Waals surface area contributed by atoms with Gasteiger partial charge in [0.1, 0.15) is 12.4 Å². The Morgan fingerprint density at radius 1 is 1.17 bits per heavy atom. The van der Waals surface area contributed by atoms with Gasteiger partial charge >= 0.3 is 5.69 Å². The number of fused-ring (bicyclic) bond motifs is 1. The van der Waals surface area contributed by atoms with Crippen molar-refractivity contribution >= 4 is 66.3 Å². The number of aromatic nitrogens is 2. The Morgan fingerprint density at radius 2 is 1.91 bits per heavy atom. The van der Waals surface area contributed by atoms with Crippen molar-refractivity contribution in [2.24, 2.45) is 5.10 Å². The second-order valence-corrected chi connectivity index (χ2v) is 9.63. The van der Waals surface area contributed by atoms with Gasteiger partial charge in [0.25, 0.3) is 5.56 Å². The number of hydrogen-bond acceptors (Lipinski definition) is 6. The SMILES string of the molecule is CCc1nc2ccc(Br)cc2c(=O)n1N=Cc1cc(Br)c(OCc2ccc(Cl)cc2)c([N+](=O)[O-])c1. The van der Waals surface area contributed by atoms with E-state index >= 15 is 0 Å². The molecule has 178 valence electrons. The first-order valence-electron chi connectivity index (χ1n) is 10.4. The lowest BCUT2D eigenvalue weighted by molar-refractivity contribution is -0.386. The van der Waals surface area contributed by atoms with E-state index in [-0.39, 0.29) is 23.6 Å². The third-order valence-corrected chi connectivity index (χ3v) is 6.39. The molecule has 3 aromatic carbocycles. The number of nitro groups is 1. The molecule has 0 unspecified atom stereocenters. The van der Waals surface area contributed by atoms with Crippen molar-refractivity contribution in [1.29, 1.82) is 0 Å². The Kier molecular flexibility index (Phi) is 7.63. The van der Waals surface area contributed by atoms with Crippen LogP contribution in [0.3, 0.4) is 0 Å². The lowest BCUT2D eigenvalue weighted by atomic mass is 10.2. The van der Waals surface area contributed by atoms with Crippen molar-refractivity contribution in [1.82, 2.24) is 9.66 Å². The molecule has 1 aromatic heterocycles. The van der Waals surface area contributed by atoms with Crippen LogP contribution in [0.2, 0.25) is 5.02 Å². The number of nitro benzene ring substituents is 1. The highest BCUT2D eigenvalue weighted by atomic mass is 79.9. The average Bonchev–Trinajstić information content (AvgIpc) is 2.83. The zero-order valence-electron chi connectivity index (χ0n) is 18.2. The van der Waals surface area contributed by atoms with Gasteiger partial charge in [-0.1, -0.05) is 46.6 Å². The predicted molar refractivity (Wildman–Crippen MR) is 143 cm³/mol. The number of ether oxygens (including phenoxy) is 1. The van der Waals surface area contributed by atoms with E-state index in [1.165, 1.54) is 17.0 Å². The van der Waals surface area contributed by atoms with Crippen molar-refractivity contribution in [3.8, 4) is 5.75 Å². The lowest BCUT2D eigenvalue weighted by Gasteiger charge is -2.10. The van der Waals surface area contributed by atoms with Crippen molar-refractivity contribution in [2.75, 3.05) is 0 Å². The van der Waals surface area contributed by atoms with E-state index in [0.29, 0.717) is 38.2 Å². The minimum absolute atomic E-state index is 0.0886. The van der Waals surface area contributed by atoms with Crippen LogP contribution in [0.4, 0.5) is 5.69 Å². The van der Waals surface area contributed by atoms with Gasteiger partial charge in [-0.2, -0.15) is 9.78 Å². The second kappa shape index (κ2) is 10.7. The number of hydrogen-bond donors (Lipinski definition) is 0. The first-order chi connectivity index (χ1) is 16.8. The molecule has 4 aromatic rings. The highest BCUT2D eigenvalue weighted by Gasteiger charge is 2.20. The maximum atomic E-state index is 13.1. The molecule has 0 aliphatic heterocycles. The van der Waals surface area contributed by atoms with Crippen LogP contribution in [0.5, 0.6) is 5.75 Å². The topological polar surface area (TPSA) is 99.6 Å². The van der Waals surface area contributed by atoms with E-state index < -0.39 is 4.92 Å². The van der Waals surface area contributed by atoms with Gasteiger partial charge in [0.15, 0.2) is 0 Å². The number of rotatable bonds is 7. The molecule has 0 saturated carbocycles. The molecule has 0 N–H and O–H groups in total. The fourth-order valence-corrected chi connectivity index (χ4v) is 4.42. The van der Waals surface area contributed by atoms with E-state index in [1.54, 1.807) is 42.5 Å². The summed E-state index contributed by atoms with van der Waals surface area (Å²) in [6.07, 6.45) is 1.85. The quantitative estimate of drug-likeness (QED) is 0.133. The minimum atomic E-state index is -0.530. The normalized spacial score (nSPS) is 11.3. The molecule has 0 bridgehead atoms. The molecule has 1 heterocycles. The molecule has 0 atom stereocenters. The van der Waals surface area contributed by atoms with Crippen molar-refractivity contribution in [3.05, 3.63) is 106 Å². The molecule has 0 fully saturated rings. The van der Waals surface area contributed by atoms with Gasteiger partial charge in [-0.3, -0.25) is 14.9 Å². The van der Waals surface area contributed by atoms with Crippen LogP contribution in [0.25, 0.3) is 10.9 Å². The monoisotopic (exact) mass is 618 g/mol. The Balaban J connectivity index is 1.69. The van der Waals surface area contributed by atoms with E-state index in [4.69, 9.17) is 16.3 Å². The van der Waals surface area contributed by atoms with E-state index in [0.717, 1.165) is 10.0 Å². The Morgan fingerprint density at radius 3 is 2.60 bits per heavy atom. The Bertz CT molecular complexity index is 1520. The van der Waals surface area contributed by atoms with Crippen LogP contribution in [0.1, 0.15) is 23.9 Å². The third kappa shape index (κ3) is 5.61. The molecule has 0 radical (unpaired) electrons. The molecule has 4 rings (SSSR count). The molecule has 11 heteroatoms. The summed E-state index contributed by atoms with van der Waals surface area (Å²) in [5, 5.41) is 17.1. The molecule has 0 spiro atoms. The zero-order valence-corrected chi connectivity index (χ0v) is 22.2. The molecule has 0 aliphatic carbocycles. The van der Waals surface area contributed by atoms with Crippen LogP contribution >= 0.6 is 43.5 Å². The third-order valence-electron chi connectivity index (χ3n) is 5.05. The van der Waals surface area contributed by atoms with Crippen LogP contribution < -0.4 is 10.3 Å². The fourth-order valence-electron chi connectivity index (χ4n) is 3.36. The van der Waals surface area contributed by atoms with Gasteiger partial charge < -0.3 is 4.74 Å². The van der Waals surface area contributed by atoms with Gasteiger partial charge in [0.05, 0.1) is 26.5 Å². The zero-order chi connectivity index (χ0) is 25.1. The summed E-state index contributed by atoms with van der Waals surface area (Å²) in [5.41, 5.74) is 1.22. The lowest BCUT2D eigenvalue weighted by Crippen LogP contribution is -2.22. The largest absolute Gasteiger partial charge is 0.481 e. The first-order valence-corrected chi connectivity index (χ1v) is 12.3. The summed E-state index contributed by atoms with van der Waals surface area (Å²) in [6.45, 7) is 1.99. The van der Waals surface area contributed by atoms with E-state index in [1.807, 2.05) is 13.0 Å². The number of benzene rings is 3. The smallest absolute Gasteiger partial charge is 0.312 e. The number of nitrogens with zero attached hydrogens (tertiary/aromatic N) is 4. The van der Waals surface area contributed by atoms with Gasteiger partial charge in [-0.15, -0.1) is 0 Å². The van der Waals surface area contributed by atoms with E-state index in [9.17, 15) is 14.9 Å². The Labute approximate surface area is 221 Å². The van der Waals surface area contributed by atoms with Gasteiger partial charge in [0, 0.05) is 27.5 Å². The van der Waals surface area contributed by atoms with Crippen LogP contribution in [-0.4, -0.2) is 20.8 Å². The highest BCUT2D eigenvalue weighted by molar-refractivity contribution is 9.10. The standard InChI is InChI=1S/C24H17Br2ClN4O4/c1-2-22-29-20-8-5-16(25)11-18(20)24(32)30(22)28-12-15-9-19(26)23(21(10-15)31(33)34)35-13-14-3-6-17(27)7-4-14/h3-12H,2,13H2,1H3. The molecular formula is C24H17Br2ClN4O4. The summed E-state index contributed by atoms with van der Waals surface area (Å²) in [6, 6.07) is 15.2. The van der Waals surface area contributed by atoms with Crippen LogP contribution in [0.15, 0.2) is 73.4 Å². The van der Waals surface area contributed by atoms with E-state index in [2.05, 4.69) is 41.9 Å². The summed E-state index contributed by atoms with van der Waals surface area (Å²) in [7, 11) is 0. The van der Waals surface area contributed by atoms with Gasteiger partial charge in [0.2, 0.25) is 5.75 Å². The molecule has 8 nitrogen and oxygen atoms in total. The molecule has 0 saturated heterocycles. The van der Waals surface area contributed by atoms with Crippen molar-refractivity contribution in [2.45, 2.75) is 20.0 Å². The molecular weight excluding hydrogens is 604 g/mol. The highest BCUT2D eigenvalue weighted by Crippen LogP contribution is 2.36. The first kappa shape index (κ1) is 25.0. The predicted octanol–water partition coefficient (Wildman–Crippen LogP) is 6.51. The molecule has 0 aliphatic rings. The van der Waals surface area contributed by atoms with Crippen LogP contribution in [0, 0.1) is 10.1 Å². The molecule has 35 heavy (non-hydrogen) atoms. The van der Waals surface area contributed by atoms with Gasteiger partial charge in [-0.05, 0) is 57.9 Å². The summed E-state index contributed by atoms with van der Waals surface area (Å²) in [5.74, 6) is 0.559. The summed E-state index contributed by atoms with van der Waals surface area (Å²) >= 11 is 12.6. The maximum absolute atomic E-state index is 13.1. The molecule has 0 amide bonds. The Hall–Kier alpha value is -3.08. The minimum Gasteiger partial charge on any atom is -0.481 e. The summed E-state index contributed by atoms with van der Waals surface area (Å²) in [4.78, 5) is 28.8. The van der Waals surface area contributed by atoms with Crippen molar-refractivity contribution in [3.63, 3.8) is 0 Å². The number of halogens is 3. The average molecular weight is 621 g/mol.